The molecule has 2 aromatic rings. The zero-order valence-electron chi connectivity index (χ0n) is 19.2. The number of nitrogens with zero attached hydrogens (tertiary/aromatic N) is 1. The van der Waals surface area contributed by atoms with Gasteiger partial charge in [-0.05, 0) is 61.7 Å². The molecule has 3 rings (SSSR count). The summed E-state index contributed by atoms with van der Waals surface area (Å²) in [4.78, 5) is 35.9. The summed E-state index contributed by atoms with van der Waals surface area (Å²) >= 11 is 5.92. The Morgan fingerprint density at radius 2 is 2.00 bits per heavy atom. The molecule has 1 heterocycles. The van der Waals surface area contributed by atoms with Gasteiger partial charge in [-0.25, -0.2) is 5.43 Å². The number of hydrogen-bond donors (Lipinski definition) is 3. The normalized spacial score (nSPS) is 15.0. The van der Waals surface area contributed by atoms with Crippen LogP contribution in [0.3, 0.4) is 0 Å². The van der Waals surface area contributed by atoms with E-state index in [2.05, 4.69) is 21.2 Å². The van der Waals surface area contributed by atoms with E-state index >= 15 is 0 Å². The minimum atomic E-state index is -0.880. The highest BCUT2D eigenvalue weighted by molar-refractivity contribution is 6.35. The lowest BCUT2D eigenvalue weighted by molar-refractivity contribution is -0.139. The summed E-state index contributed by atoms with van der Waals surface area (Å²) in [5.74, 6) is -1.27. The molecule has 0 radical (unpaired) electrons. The third-order valence-corrected chi connectivity index (χ3v) is 5.07. The standard InChI is InChI=1S/C24H27ClN4O6/c1-2-33-21-11-16(13-27-29-24(32)23(31)26-14-19-7-4-10-34-19)8-9-20(21)35-15-22(30)28-18-6-3-5-17(25)12-18/h3,5-6,8-9,11-13,19H,2,4,7,10,14-15H2,1H3,(H,26,31)(H,28,30)(H,29,32)/b27-13-/t19-/m0/s1. The van der Waals surface area contributed by atoms with Gasteiger partial charge in [0.2, 0.25) is 0 Å². The number of carbonyl (C=O) groups excluding carboxylic acids is 3. The third kappa shape index (κ3) is 8.58. The molecule has 35 heavy (non-hydrogen) atoms. The highest BCUT2D eigenvalue weighted by Crippen LogP contribution is 2.28. The Morgan fingerprint density at radius 3 is 2.74 bits per heavy atom. The number of nitrogens with one attached hydrogen (secondary N) is 3. The van der Waals surface area contributed by atoms with Crippen LogP contribution in [-0.4, -0.2) is 56.4 Å². The number of hydrogen-bond acceptors (Lipinski definition) is 7. The molecule has 1 aliphatic heterocycles. The molecule has 1 saturated heterocycles. The van der Waals surface area contributed by atoms with E-state index in [9.17, 15) is 14.4 Å². The van der Waals surface area contributed by atoms with Crippen molar-refractivity contribution in [3.05, 3.63) is 53.1 Å². The van der Waals surface area contributed by atoms with Gasteiger partial charge in [0.05, 0.1) is 18.9 Å². The maximum atomic E-state index is 12.2. The largest absolute Gasteiger partial charge is 0.490 e. The molecular weight excluding hydrogens is 476 g/mol. The fraction of sp³-hybridized carbons (Fsp3) is 0.333. The van der Waals surface area contributed by atoms with E-state index in [0.717, 1.165) is 12.8 Å². The van der Waals surface area contributed by atoms with Gasteiger partial charge >= 0.3 is 11.8 Å². The molecule has 1 fully saturated rings. The number of halogens is 1. The quantitative estimate of drug-likeness (QED) is 0.260. The summed E-state index contributed by atoms with van der Waals surface area (Å²) in [6.07, 6.45) is 3.11. The average Bonchev–Trinajstić information content (AvgIpc) is 3.36. The van der Waals surface area contributed by atoms with Gasteiger partial charge in [0, 0.05) is 23.9 Å². The van der Waals surface area contributed by atoms with Gasteiger partial charge in [0.1, 0.15) is 0 Å². The first-order valence-electron chi connectivity index (χ1n) is 11.1. The second kappa shape index (κ2) is 13.3. The number of benzene rings is 2. The van der Waals surface area contributed by atoms with Crippen molar-refractivity contribution in [3.8, 4) is 11.5 Å². The Hall–Kier alpha value is -3.63. The van der Waals surface area contributed by atoms with Crippen molar-refractivity contribution < 1.29 is 28.6 Å². The molecule has 0 spiro atoms. The van der Waals surface area contributed by atoms with Crippen LogP contribution >= 0.6 is 11.6 Å². The van der Waals surface area contributed by atoms with Gasteiger partial charge in [-0.2, -0.15) is 5.10 Å². The van der Waals surface area contributed by atoms with Crippen LogP contribution in [0, 0.1) is 0 Å². The minimum Gasteiger partial charge on any atom is -0.490 e. The summed E-state index contributed by atoms with van der Waals surface area (Å²) in [6.45, 7) is 2.89. The Balaban J connectivity index is 1.50. The van der Waals surface area contributed by atoms with Gasteiger partial charge in [-0.3, -0.25) is 14.4 Å². The van der Waals surface area contributed by atoms with Gasteiger partial charge in [0.25, 0.3) is 5.91 Å². The number of anilines is 1. The predicted octanol–water partition coefficient (Wildman–Crippen LogP) is 2.50. The number of amides is 3. The third-order valence-electron chi connectivity index (χ3n) is 4.83. The van der Waals surface area contributed by atoms with Crippen molar-refractivity contribution in [2.75, 3.05) is 31.7 Å². The number of ether oxygens (including phenoxy) is 3. The summed E-state index contributed by atoms with van der Waals surface area (Å²) < 4.78 is 16.6. The smallest absolute Gasteiger partial charge is 0.329 e. The van der Waals surface area contributed by atoms with Crippen LogP contribution in [0.5, 0.6) is 11.5 Å². The predicted molar refractivity (Wildman–Crippen MR) is 131 cm³/mol. The molecule has 1 atom stereocenters. The molecule has 1 aliphatic rings. The molecule has 0 bridgehead atoms. The van der Waals surface area contributed by atoms with E-state index in [1.54, 1.807) is 42.5 Å². The topological polar surface area (TPSA) is 127 Å². The lowest BCUT2D eigenvalue weighted by Crippen LogP contribution is -2.41. The van der Waals surface area contributed by atoms with Crippen LogP contribution in [0.1, 0.15) is 25.3 Å². The molecule has 3 amide bonds. The summed E-state index contributed by atoms with van der Waals surface area (Å²) in [5, 5.41) is 9.54. The second-order valence-electron chi connectivity index (χ2n) is 7.53. The number of rotatable bonds is 10. The van der Waals surface area contributed by atoms with Crippen molar-refractivity contribution in [2.24, 2.45) is 5.10 Å². The number of hydrazone groups is 1. The molecule has 0 aromatic heterocycles. The van der Waals surface area contributed by atoms with E-state index in [-0.39, 0.29) is 25.2 Å². The van der Waals surface area contributed by atoms with Crippen molar-refractivity contribution >= 4 is 41.2 Å². The minimum absolute atomic E-state index is 0.0594. The van der Waals surface area contributed by atoms with Crippen LogP contribution in [0.4, 0.5) is 5.69 Å². The Morgan fingerprint density at radius 1 is 1.14 bits per heavy atom. The van der Waals surface area contributed by atoms with E-state index in [1.165, 1.54) is 6.21 Å². The van der Waals surface area contributed by atoms with Gasteiger partial charge in [-0.15, -0.1) is 0 Å². The van der Waals surface area contributed by atoms with E-state index in [1.807, 2.05) is 6.92 Å². The van der Waals surface area contributed by atoms with Gasteiger partial charge in [0.15, 0.2) is 18.1 Å². The summed E-state index contributed by atoms with van der Waals surface area (Å²) in [6, 6.07) is 11.7. The fourth-order valence-corrected chi connectivity index (χ4v) is 3.40. The van der Waals surface area contributed by atoms with E-state index < -0.39 is 11.8 Å². The van der Waals surface area contributed by atoms with Gasteiger partial charge in [-0.1, -0.05) is 17.7 Å². The lowest BCUT2D eigenvalue weighted by Gasteiger charge is -2.13. The van der Waals surface area contributed by atoms with E-state index in [0.29, 0.717) is 41.0 Å². The average molecular weight is 503 g/mol. The zero-order valence-corrected chi connectivity index (χ0v) is 20.0. The van der Waals surface area contributed by atoms with Crippen LogP contribution in [0.25, 0.3) is 0 Å². The zero-order chi connectivity index (χ0) is 25.0. The molecule has 11 heteroatoms. The Labute approximate surface area is 208 Å². The van der Waals surface area contributed by atoms with Crippen molar-refractivity contribution in [1.82, 2.24) is 10.7 Å². The summed E-state index contributed by atoms with van der Waals surface area (Å²) in [5.41, 5.74) is 3.33. The molecule has 2 aromatic carbocycles. The van der Waals surface area contributed by atoms with Crippen molar-refractivity contribution in [1.29, 1.82) is 0 Å². The Kier molecular flexibility index (Phi) is 9.88. The monoisotopic (exact) mass is 502 g/mol. The van der Waals surface area contributed by atoms with E-state index in [4.69, 9.17) is 25.8 Å². The SMILES string of the molecule is CCOc1cc(/C=N\NC(=O)C(=O)NC[C@@H]2CCCO2)ccc1OCC(=O)Nc1cccc(Cl)c1. The highest BCUT2D eigenvalue weighted by Gasteiger charge is 2.19. The van der Waals surface area contributed by atoms with Crippen LogP contribution < -0.4 is 25.5 Å². The highest BCUT2D eigenvalue weighted by atomic mass is 35.5. The first-order valence-corrected chi connectivity index (χ1v) is 11.5. The lowest BCUT2D eigenvalue weighted by atomic mass is 10.2. The molecule has 0 unspecified atom stereocenters. The Bertz CT molecular complexity index is 1070. The summed E-state index contributed by atoms with van der Waals surface area (Å²) in [7, 11) is 0. The number of carbonyl (C=O) groups is 3. The van der Waals surface area contributed by atoms with Crippen molar-refractivity contribution in [3.63, 3.8) is 0 Å². The molecule has 186 valence electrons. The molecular formula is C24H27ClN4O6. The molecule has 10 nitrogen and oxygen atoms in total. The molecule has 3 N–H and O–H groups in total. The van der Waals surface area contributed by atoms with Gasteiger partial charge < -0.3 is 24.8 Å². The maximum Gasteiger partial charge on any atom is 0.329 e. The van der Waals surface area contributed by atoms with Crippen LogP contribution in [-0.2, 0) is 19.1 Å². The van der Waals surface area contributed by atoms with Crippen molar-refractivity contribution in [2.45, 2.75) is 25.9 Å². The van der Waals surface area contributed by atoms with Crippen LogP contribution in [0.15, 0.2) is 47.6 Å². The first-order chi connectivity index (χ1) is 16.9. The fourth-order valence-electron chi connectivity index (χ4n) is 3.21. The maximum absolute atomic E-state index is 12.2. The van der Waals surface area contributed by atoms with Crippen LogP contribution in [0.2, 0.25) is 5.02 Å². The molecule has 0 aliphatic carbocycles. The second-order valence-corrected chi connectivity index (χ2v) is 7.97. The first kappa shape index (κ1) is 26.0. The molecule has 0 saturated carbocycles.